The Balaban J connectivity index is 1.86. The molecule has 17 heavy (non-hydrogen) atoms. The van der Waals surface area contributed by atoms with Crippen LogP contribution >= 0.6 is 0 Å². The molecule has 2 aromatic rings. The smallest absolute Gasteiger partial charge is 0.221 e. The highest BCUT2D eigenvalue weighted by atomic mass is 19.1. The Kier molecular flexibility index (Phi) is 2.52. The molecule has 1 aromatic carbocycles. The molecule has 0 amide bonds. The average molecular weight is 229 g/mol. The molecular formula is C14H12FNO. The zero-order valence-corrected chi connectivity index (χ0v) is 9.32. The molecule has 0 saturated heterocycles. The van der Waals surface area contributed by atoms with Gasteiger partial charge in [0, 0.05) is 6.07 Å². The maximum atomic E-state index is 12.9. The fourth-order valence-electron chi connectivity index (χ4n) is 2.18. The van der Waals surface area contributed by atoms with Gasteiger partial charge in [0.2, 0.25) is 11.8 Å². The van der Waals surface area contributed by atoms with E-state index in [0.717, 1.165) is 18.6 Å². The fourth-order valence-corrected chi connectivity index (χ4v) is 2.18. The number of aryl methyl sites for hydroxylation is 2. The van der Waals surface area contributed by atoms with Crippen molar-refractivity contribution in [3.05, 3.63) is 53.5 Å². The van der Waals surface area contributed by atoms with Crippen molar-refractivity contribution in [3.63, 3.8) is 0 Å². The number of ether oxygens (including phenoxy) is 1. The summed E-state index contributed by atoms with van der Waals surface area (Å²) < 4.78 is 18.4. The first-order chi connectivity index (χ1) is 8.31. The highest BCUT2D eigenvalue weighted by Gasteiger charge is 2.11. The maximum absolute atomic E-state index is 12.9. The van der Waals surface area contributed by atoms with E-state index in [-0.39, 0.29) is 0 Å². The number of hydrogen-bond donors (Lipinski definition) is 0. The van der Waals surface area contributed by atoms with Gasteiger partial charge in [0.05, 0.1) is 0 Å². The summed E-state index contributed by atoms with van der Waals surface area (Å²) in [5, 5.41) is 0. The second kappa shape index (κ2) is 4.17. The largest absolute Gasteiger partial charge is 0.439 e. The number of pyridine rings is 1. The van der Waals surface area contributed by atoms with Crippen LogP contribution in [-0.4, -0.2) is 4.98 Å². The molecule has 0 saturated carbocycles. The van der Waals surface area contributed by atoms with Crippen molar-refractivity contribution in [1.29, 1.82) is 0 Å². The summed E-state index contributed by atoms with van der Waals surface area (Å²) in [4.78, 5) is 3.67. The van der Waals surface area contributed by atoms with E-state index >= 15 is 0 Å². The summed E-state index contributed by atoms with van der Waals surface area (Å²) in [6.07, 6.45) is 3.45. The fraction of sp³-hybridized carbons (Fsp3) is 0.214. The lowest BCUT2D eigenvalue weighted by Crippen LogP contribution is -1.91. The zero-order chi connectivity index (χ0) is 11.7. The van der Waals surface area contributed by atoms with Crippen LogP contribution in [0.15, 0.2) is 36.4 Å². The van der Waals surface area contributed by atoms with Gasteiger partial charge in [-0.2, -0.15) is 9.37 Å². The molecule has 0 atom stereocenters. The summed E-state index contributed by atoms with van der Waals surface area (Å²) >= 11 is 0. The van der Waals surface area contributed by atoms with Crippen molar-refractivity contribution in [1.82, 2.24) is 4.98 Å². The second-order valence-corrected chi connectivity index (χ2v) is 4.18. The molecule has 0 radical (unpaired) electrons. The van der Waals surface area contributed by atoms with Crippen molar-refractivity contribution in [2.75, 3.05) is 0 Å². The van der Waals surface area contributed by atoms with E-state index in [0.29, 0.717) is 5.88 Å². The zero-order valence-electron chi connectivity index (χ0n) is 9.32. The van der Waals surface area contributed by atoms with Crippen molar-refractivity contribution in [2.45, 2.75) is 19.3 Å². The molecule has 86 valence electrons. The van der Waals surface area contributed by atoms with E-state index in [9.17, 15) is 4.39 Å². The Labute approximate surface area is 99.1 Å². The SMILES string of the molecule is Fc1cccc(Oc2ccc3c(c2)CCC3)n1. The van der Waals surface area contributed by atoms with E-state index in [1.807, 2.05) is 12.1 Å². The lowest BCUT2D eigenvalue weighted by molar-refractivity contribution is 0.445. The molecule has 1 aromatic heterocycles. The predicted molar refractivity (Wildman–Crippen MR) is 62.7 cm³/mol. The van der Waals surface area contributed by atoms with Crippen molar-refractivity contribution < 1.29 is 9.13 Å². The predicted octanol–water partition coefficient (Wildman–Crippen LogP) is 3.50. The van der Waals surface area contributed by atoms with Crippen molar-refractivity contribution >= 4 is 0 Å². The molecule has 0 unspecified atom stereocenters. The van der Waals surface area contributed by atoms with Crippen LogP contribution in [0.5, 0.6) is 11.6 Å². The van der Waals surface area contributed by atoms with E-state index < -0.39 is 5.95 Å². The van der Waals surface area contributed by atoms with E-state index in [1.54, 1.807) is 12.1 Å². The summed E-state index contributed by atoms with van der Waals surface area (Å²) in [7, 11) is 0. The summed E-state index contributed by atoms with van der Waals surface area (Å²) in [5.41, 5.74) is 2.73. The van der Waals surface area contributed by atoms with Gasteiger partial charge < -0.3 is 4.74 Å². The first-order valence-electron chi connectivity index (χ1n) is 5.73. The maximum Gasteiger partial charge on any atom is 0.221 e. The third-order valence-corrected chi connectivity index (χ3v) is 2.98. The third kappa shape index (κ3) is 2.13. The van der Waals surface area contributed by atoms with Gasteiger partial charge >= 0.3 is 0 Å². The minimum absolute atomic E-state index is 0.294. The summed E-state index contributed by atoms with van der Waals surface area (Å²) in [5.74, 6) is 0.496. The molecule has 0 N–H and O–H groups in total. The van der Waals surface area contributed by atoms with Gasteiger partial charge in [0.25, 0.3) is 0 Å². The Morgan fingerprint density at radius 1 is 1.06 bits per heavy atom. The third-order valence-electron chi connectivity index (χ3n) is 2.98. The lowest BCUT2D eigenvalue weighted by Gasteiger charge is -2.06. The monoisotopic (exact) mass is 229 g/mol. The van der Waals surface area contributed by atoms with Gasteiger partial charge in [-0.25, -0.2) is 0 Å². The van der Waals surface area contributed by atoms with Gasteiger partial charge in [-0.15, -0.1) is 0 Å². The second-order valence-electron chi connectivity index (χ2n) is 4.18. The molecular weight excluding hydrogens is 217 g/mol. The molecule has 3 heteroatoms. The molecule has 1 aliphatic carbocycles. The van der Waals surface area contributed by atoms with E-state index in [1.165, 1.54) is 23.6 Å². The minimum atomic E-state index is -0.524. The quantitative estimate of drug-likeness (QED) is 0.735. The molecule has 3 rings (SSSR count). The Bertz CT molecular complexity index is 554. The van der Waals surface area contributed by atoms with Crippen molar-refractivity contribution in [2.24, 2.45) is 0 Å². The standard InChI is InChI=1S/C14H12FNO/c15-13-5-2-6-14(16-13)17-12-8-7-10-3-1-4-11(10)9-12/h2,5-9H,1,3-4H2. The van der Waals surface area contributed by atoms with Crippen LogP contribution in [0.4, 0.5) is 4.39 Å². The van der Waals surface area contributed by atoms with Crippen LogP contribution in [0.3, 0.4) is 0 Å². The molecule has 0 bridgehead atoms. The average Bonchev–Trinajstić information content (AvgIpc) is 2.76. The summed E-state index contributed by atoms with van der Waals surface area (Å²) in [6, 6.07) is 10.6. The number of hydrogen-bond acceptors (Lipinski definition) is 2. The highest BCUT2D eigenvalue weighted by molar-refractivity contribution is 5.39. The Morgan fingerprint density at radius 3 is 2.82 bits per heavy atom. The van der Waals surface area contributed by atoms with Crippen LogP contribution in [0.25, 0.3) is 0 Å². The first kappa shape index (κ1) is 10.3. The van der Waals surface area contributed by atoms with Gasteiger partial charge in [0.15, 0.2) is 0 Å². The number of fused-ring (bicyclic) bond motifs is 1. The highest BCUT2D eigenvalue weighted by Crippen LogP contribution is 2.28. The number of halogens is 1. The Morgan fingerprint density at radius 2 is 1.94 bits per heavy atom. The molecule has 0 fully saturated rings. The molecule has 1 aliphatic rings. The van der Waals surface area contributed by atoms with Gasteiger partial charge in [-0.1, -0.05) is 12.1 Å². The van der Waals surface area contributed by atoms with E-state index in [4.69, 9.17) is 4.74 Å². The van der Waals surface area contributed by atoms with Gasteiger partial charge in [-0.3, -0.25) is 0 Å². The number of rotatable bonds is 2. The van der Waals surface area contributed by atoms with Crippen molar-refractivity contribution in [3.8, 4) is 11.6 Å². The lowest BCUT2D eigenvalue weighted by atomic mass is 10.1. The molecule has 1 heterocycles. The van der Waals surface area contributed by atoms with Crippen LogP contribution in [0.2, 0.25) is 0 Å². The molecule has 2 nitrogen and oxygen atoms in total. The normalized spacial score (nSPS) is 13.5. The summed E-state index contributed by atoms with van der Waals surface area (Å²) in [6.45, 7) is 0. The number of aromatic nitrogens is 1. The topological polar surface area (TPSA) is 22.1 Å². The number of nitrogens with zero attached hydrogens (tertiary/aromatic N) is 1. The van der Waals surface area contributed by atoms with Crippen LogP contribution < -0.4 is 4.74 Å². The van der Waals surface area contributed by atoms with Gasteiger partial charge in [0.1, 0.15) is 5.75 Å². The van der Waals surface area contributed by atoms with Crippen LogP contribution in [0, 0.1) is 5.95 Å². The molecule has 0 spiro atoms. The van der Waals surface area contributed by atoms with Crippen LogP contribution in [0.1, 0.15) is 17.5 Å². The minimum Gasteiger partial charge on any atom is -0.439 e. The van der Waals surface area contributed by atoms with E-state index in [2.05, 4.69) is 11.1 Å². The molecule has 0 aliphatic heterocycles. The first-order valence-corrected chi connectivity index (χ1v) is 5.73. The Hall–Kier alpha value is -1.90. The number of benzene rings is 1. The van der Waals surface area contributed by atoms with Gasteiger partial charge in [-0.05, 0) is 48.6 Å². The van der Waals surface area contributed by atoms with Crippen LogP contribution in [-0.2, 0) is 12.8 Å².